The number of aromatic nitrogens is 2. The zero-order valence-electron chi connectivity index (χ0n) is 23.1. The first kappa shape index (κ1) is 23.4. The molecule has 8 aromatic rings. The highest BCUT2D eigenvalue weighted by molar-refractivity contribution is 6.21. The van der Waals surface area contributed by atoms with Crippen molar-refractivity contribution in [3.05, 3.63) is 157 Å². The minimum absolute atomic E-state index is 0.356. The maximum absolute atomic E-state index is 2.51. The molecule has 2 heteroatoms. The molecule has 1 atom stereocenters. The Morgan fingerprint density at radius 3 is 1.93 bits per heavy atom. The van der Waals surface area contributed by atoms with E-state index in [0.717, 1.165) is 6.42 Å². The van der Waals surface area contributed by atoms with Crippen molar-refractivity contribution in [2.24, 2.45) is 0 Å². The van der Waals surface area contributed by atoms with Crippen LogP contribution in [0.3, 0.4) is 0 Å². The van der Waals surface area contributed by atoms with Crippen LogP contribution in [0.5, 0.6) is 0 Å². The van der Waals surface area contributed by atoms with E-state index in [1.807, 2.05) is 0 Å². The lowest BCUT2D eigenvalue weighted by atomic mass is 9.91. The van der Waals surface area contributed by atoms with Gasteiger partial charge in [0.25, 0.3) is 0 Å². The molecule has 1 aliphatic rings. The van der Waals surface area contributed by atoms with Gasteiger partial charge in [0.05, 0.1) is 22.1 Å². The predicted octanol–water partition coefficient (Wildman–Crippen LogP) is 10.6. The van der Waals surface area contributed by atoms with Gasteiger partial charge in [0, 0.05) is 38.8 Å². The molecule has 1 aliphatic carbocycles. The molecule has 0 saturated heterocycles. The number of allylic oxidation sites excluding steroid dienone is 4. The zero-order valence-corrected chi connectivity index (χ0v) is 23.1. The number of hydrogen-bond acceptors (Lipinski definition) is 0. The third-order valence-electron chi connectivity index (χ3n) is 9.02. The molecule has 0 spiro atoms. The minimum atomic E-state index is 0.356. The van der Waals surface area contributed by atoms with Crippen LogP contribution in [0.1, 0.15) is 17.9 Å². The highest BCUT2D eigenvalue weighted by Gasteiger charge is 2.22. The van der Waals surface area contributed by atoms with E-state index in [2.05, 4.69) is 161 Å². The number of nitrogens with zero attached hydrogens (tertiary/aromatic N) is 2. The van der Waals surface area contributed by atoms with Crippen LogP contribution >= 0.6 is 0 Å². The maximum atomic E-state index is 2.51. The Hall–Kier alpha value is -5.34. The Balaban J connectivity index is 1.37. The molecule has 2 aromatic heterocycles. The van der Waals surface area contributed by atoms with Crippen LogP contribution in [-0.2, 0) is 0 Å². The van der Waals surface area contributed by atoms with Gasteiger partial charge >= 0.3 is 0 Å². The summed E-state index contributed by atoms with van der Waals surface area (Å²) >= 11 is 0. The van der Waals surface area contributed by atoms with Crippen LogP contribution in [0.2, 0.25) is 0 Å². The SMILES string of the molecule is C1=CC(c2ccccc2)CC(n2c3ccccc3c3cc4c5cc6ccccc6cc5n(-c5ccccc5)c4cc32)=C1. The fourth-order valence-electron chi connectivity index (χ4n) is 7.09. The van der Waals surface area contributed by atoms with E-state index in [1.54, 1.807) is 0 Å². The van der Waals surface area contributed by atoms with Crippen molar-refractivity contribution in [3.8, 4) is 5.69 Å². The number of fused-ring (bicyclic) bond motifs is 7. The standard InChI is InChI=1S/C40H28N2/c1-3-12-27(13-4-1)28-16-11-19-32(22-28)42-37-21-10-9-20-33(37)35-25-36-34-23-29-14-7-8-15-30(29)24-38(34)41(40(36)26-39(35)42)31-17-5-2-6-18-31/h1-21,23-26,28H,22H2. The lowest BCUT2D eigenvalue weighted by Crippen LogP contribution is -2.06. The van der Waals surface area contributed by atoms with Crippen molar-refractivity contribution in [1.29, 1.82) is 0 Å². The molecule has 2 heterocycles. The fourth-order valence-corrected chi connectivity index (χ4v) is 7.09. The Labute approximate surface area is 244 Å². The molecule has 0 aliphatic heterocycles. The Morgan fingerprint density at radius 1 is 0.476 bits per heavy atom. The second-order valence-corrected chi connectivity index (χ2v) is 11.4. The Morgan fingerprint density at radius 2 is 1.10 bits per heavy atom. The minimum Gasteiger partial charge on any atom is -0.313 e. The second-order valence-electron chi connectivity index (χ2n) is 11.4. The van der Waals surface area contributed by atoms with Gasteiger partial charge in [-0.05, 0) is 71.3 Å². The van der Waals surface area contributed by atoms with Gasteiger partial charge in [0.2, 0.25) is 0 Å². The van der Waals surface area contributed by atoms with Crippen LogP contribution < -0.4 is 0 Å². The first-order chi connectivity index (χ1) is 20.8. The summed E-state index contributed by atoms with van der Waals surface area (Å²) in [6.07, 6.45) is 7.83. The zero-order chi connectivity index (χ0) is 27.6. The first-order valence-electron chi connectivity index (χ1n) is 14.7. The molecule has 0 radical (unpaired) electrons. The largest absolute Gasteiger partial charge is 0.313 e. The quantitative estimate of drug-likeness (QED) is 0.213. The third kappa shape index (κ3) is 3.45. The summed E-state index contributed by atoms with van der Waals surface area (Å²) in [6.45, 7) is 0. The molecule has 0 fully saturated rings. The molecule has 42 heavy (non-hydrogen) atoms. The highest BCUT2D eigenvalue weighted by atomic mass is 15.0. The van der Waals surface area contributed by atoms with Crippen LogP contribution in [-0.4, -0.2) is 9.13 Å². The van der Waals surface area contributed by atoms with E-state index in [0.29, 0.717) is 5.92 Å². The van der Waals surface area contributed by atoms with Gasteiger partial charge < -0.3 is 9.13 Å². The summed E-state index contributed by atoms with van der Waals surface area (Å²) in [5.74, 6) is 0.356. The van der Waals surface area contributed by atoms with Gasteiger partial charge in [0.15, 0.2) is 0 Å². The molecule has 1 unspecified atom stereocenters. The fraction of sp³-hybridized carbons (Fsp3) is 0.0500. The monoisotopic (exact) mass is 536 g/mol. The number of para-hydroxylation sites is 2. The van der Waals surface area contributed by atoms with Gasteiger partial charge in [-0.2, -0.15) is 0 Å². The van der Waals surface area contributed by atoms with Gasteiger partial charge in [-0.3, -0.25) is 0 Å². The van der Waals surface area contributed by atoms with E-state index in [1.165, 1.54) is 71.3 Å². The van der Waals surface area contributed by atoms with Crippen molar-refractivity contribution in [3.63, 3.8) is 0 Å². The molecule has 0 N–H and O–H groups in total. The maximum Gasteiger partial charge on any atom is 0.0562 e. The molecule has 6 aromatic carbocycles. The van der Waals surface area contributed by atoms with Crippen molar-refractivity contribution < 1.29 is 0 Å². The van der Waals surface area contributed by atoms with Crippen molar-refractivity contribution in [1.82, 2.24) is 9.13 Å². The number of benzene rings is 6. The lowest BCUT2D eigenvalue weighted by Gasteiger charge is -2.21. The van der Waals surface area contributed by atoms with E-state index >= 15 is 0 Å². The molecule has 0 saturated carbocycles. The van der Waals surface area contributed by atoms with Crippen molar-refractivity contribution >= 4 is 60.1 Å². The predicted molar refractivity (Wildman–Crippen MR) is 179 cm³/mol. The Bertz CT molecular complexity index is 2370. The van der Waals surface area contributed by atoms with Crippen LogP contribution in [0.4, 0.5) is 0 Å². The average molecular weight is 537 g/mol. The molecule has 198 valence electrons. The normalized spacial score (nSPS) is 15.3. The van der Waals surface area contributed by atoms with Crippen LogP contribution in [0.15, 0.2) is 152 Å². The second kappa shape index (κ2) is 9.09. The number of hydrogen-bond donors (Lipinski definition) is 0. The lowest BCUT2D eigenvalue weighted by molar-refractivity contribution is 0.837. The van der Waals surface area contributed by atoms with Crippen molar-refractivity contribution in [2.75, 3.05) is 0 Å². The summed E-state index contributed by atoms with van der Waals surface area (Å²) in [5, 5.41) is 7.69. The molecule has 0 amide bonds. The van der Waals surface area contributed by atoms with Gasteiger partial charge in [-0.1, -0.05) is 103 Å². The van der Waals surface area contributed by atoms with E-state index < -0.39 is 0 Å². The van der Waals surface area contributed by atoms with Gasteiger partial charge in [-0.25, -0.2) is 0 Å². The van der Waals surface area contributed by atoms with E-state index in [4.69, 9.17) is 0 Å². The molecule has 2 nitrogen and oxygen atoms in total. The first-order valence-corrected chi connectivity index (χ1v) is 14.7. The summed E-state index contributed by atoms with van der Waals surface area (Å²) < 4.78 is 4.95. The van der Waals surface area contributed by atoms with Crippen molar-refractivity contribution in [2.45, 2.75) is 12.3 Å². The smallest absolute Gasteiger partial charge is 0.0562 e. The van der Waals surface area contributed by atoms with E-state index in [-0.39, 0.29) is 0 Å². The number of rotatable bonds is 3. The highest BCUT2D eigenvalue weighted by Crippen LogP contribution is 2.42. The molecular weight excluding hydrogens is 508 g/mol. The molecule has 9 rings (SSSR count). The molecular formula is C40H28N2. The molecule has 0 bridgehead atoms. The van der Waals surface area contributed by atoms with Gasteiger partial charge in [0.1, 0.15) is 0 Å². The van der Waals surface area contributed by atoms with Crippen LogP contribution in [0.25, 0.3) is 65.8 Å². The topological polar surface area (TPSA) is 9.86 Å². The summed E-state index contributed by atoms with van der Waals surface area (Å²) in [5.41, 5.74) is 8.84. The van der Waals surface area contributed by atoms with Gasteiger partial charge in [-0.15, -0.1) is 0 Å². The van der Waals surface area contributed by atoms with E-state index in [9.17, 15) is 0 Å². The Kier molecular flexibility index (Phi) is 5.06. The summed E-state index contributed by atoms with van der Waals surface area (Å²) in [7, 11) is 0. The average Bonchev–Trinajstić information content (AvgIpc) is 3.55. The third-order valence-corrected chi connectivity index (χ3v) is 9.02. The van der Waals surface area contributed by atoms with Crippen LogP contribution in [0, 0.1) is 0 Å². The summed E-state index contributed by atoms with van der Waals surface area (Å²) in [6, 6.07) is 48.8. The summed E-state index contributed by atoms with van der Waals surface area (Å²) in [4.78, 5) is 0.